The van der Waals surface area contributed by atoms with E-state index in [2.05, 4.69) is 5.32 Å². The number of nitrogens with one attached hydrogen (secondary N) is 1. The van der Waals surface area contributed by atoms with E-state index >= 15 is 0 Å². The zero-order chi connectivity index (χ0) is 18.0. The van der Waals surface area contributed by atoms with Crippen LogP contribution in [0.2, 0.25) is 0 Å². The van der Waals surface area contributed by atoms with E-state index in [1.54, 1.807) is 12.1 Å². The predicted octanol–water partition coefficient (Wildman–Crippen LogP) is 2.97. The van der Waals surface area contributed by atoms with Crippen LogP contribution in [0.4, 0.5) is 5.69 Å². The predicted molar refractivity (Wildman–Crippen MR) is 98.3 cm³/mol. The number of nitrogens with zero attached hydrogens (tertiary/aromatic N) is 1. The van der Waals surface area contributed by atoms with Gasteiger partial charge in [0.2, 0.25) is 0 Å². The molecule has 25 heavy (non-hydrogen) atoms. The largest absolute Gasteiger partial charge is 0.352 e. The molecule has 0 bridgehead atoms. The van der Waals surface area contributed by atoms with E-state index in [1.807, 2.05) is 38.1 Å². The van der Waals surface area contributed by atoms with Crippen molar-refractivity contribution in [3.8, 4) is 0 Å². The summed E-state index contributed by atoms with van der Waals surface area (Å²) in [5.41, 5.74) is 2.23. The lowest BCUT2D eigenvalue weighted by atomic mass is 10.1. The molecule has 1 amide bonds. The molecule has 1 unspecified atom stereocenters. The number of sulfonamides is 1. The van der Waals surface area contributed by atoms with Gasteiger partial charge in [0.15, 0.2) is 0 Å². The Morgan fingerprint density at radius 1 is 1.16 bits per heavy atom. The first-order chi connectivity index (χ1) is 11.9. The van der Waals surface area contributed by atoms with Crippen LogP contribution >= 0.6 is 0 Å². The van der Waals surface area contributed by atoms with E-state index in [-0.39, 0.29) is 16.8 Å². The van der Waals surface area contributed by atoms with Gasteiger partial charge in [0.1, 0.15) is 0 Å². The highest BCUT2D eigenvalue weighted by molar-refractivity contribution is 7.92. The molecule has 2 aromatic rings. The molecule has 132 valence electrons. The van der Waals surface area contributed by atoms with Gasteiger partial charge in [-0.3, -0.25) is 9.10 Å². The minimum Gasteiger partial charge on any atom is -0.352 e. The molecule has 1 aliphatic rings. The van der Waals surface area contributed by atoms with Crippen molar-refractivity contribution in [1.82, 2.24) is 5.32 Å². The molecule has 0 aromatic heterocycles. The van der Waals surface area contributed by atoms with Crippen LogP contribution in [0.3, 0.4) is 0 Å². The van der Waals surface area contributed by atoms with Crippen molar-refractivity contribution in [3.63, 3.8) is 0 Å². The Morgan fingerprint density at radius 3 is 2.52 bits per heavy atom. The Hall–Kier alpha value is -2.34. The number of para-hydroxylation sites is 1. The molecule has 0 radical (unpaired) electrons. The minimum absolute atomic E-state index is 0.130. The summed E-state index contributed by atoms with van der Waals surface area (Å²) >= 11 is 0. The van der Waals surface area contributed by atoms with Gasteiger partial charge in [-0.1, -0.05) is 25.1 Å². The highest BCUT2D eigenvalue weighted by Crippen LogP contribution is 2.36. The second-order valence-electron chi connectivity index (χ2n) is 6.26. The SMILES string of the molecule is CCCNC(=O)c1ccc(S(=O)(=O)N2c3ccccc3CC2C)cc1. The van der Waals surface area contributed by atoms with Gasteiger partial charge in [0, 0.05) is 18.2 Å². The average Bonchev–Trinajstić information content (AvgIpc) is 2.96. The highest BCUT2D eigenvalue weighted by Gasteiger charge is 2.35. The Balaban J connectivity index is 1.89. The van der Waals surface area contributed by atoms with Crippen LogP contribution < -0.4 is 9.62 Å². The molecule has 0 aliphatic carbocycles. The molecule has 1 N–H and O–H groups in total. The second-order valence-corrected chi connectivity index (χ2v) is 8.08. The second kappa shape index (κ2) is 6.88. The number of hydrogen-bond acceptors (Lipinski definition) is 3. The first kappa shape index (κ1) is 17.5. The maximum absolute atomic E-state index is 13.1. The lowest BCUT2D eigenvalue weighted by molar-refractivity contribution is 0.0953. The topological polar surface area (TPSA) is 66.5 Å². The number of carbonyl (C=O) groups is 1. The maximum atomic E-state index is 13.1. The minimum atomic E-state index is -3.66. The lowest BCUT2D eigenvalue weighted by Gasteiger charge is -2.24. The first-order valence-corrected chi connectivity index (χ1v) is 9.89. The highest BCUT2D eigenvalue weighted by atomic mass is 32.2. The van der Waals surface area contributed by atoms with E-state index in [1.165, 1.54) is 16.4 Å². The number of carbonyl (C=O) groups excluding carboxylic acids is 1. The third-order valence-electron chi connectivity index (χ3n) is 4.35. The van der Waals surface area contributed by atoms with Crippen molar-refractivity contribution in [1.29, 1.82) is 0 Å². The van der Waals surface area contributed by atoms with Crippen LogP contribution in [-0.2, 0) is 16.4 Å². The molecule has 0 spiro atoms. The normalized spacial score (nSPS) is 16.6. The van der Waals surface area contributed by atoms with Gasteiger partial charge >= 0.3 is 0 Å². The monoisotopic (exact) mass is 358 g/mol. The number of amides is 1. The summed E-state index contributed by atoms with van der Waals surface area (Å²) < 4.78 is 27.7. The summed E-state index contributed by atoms with van der Waals surface area (Å²) in [6, 6.07) is 13.6. The van der Waals surface area contributed by atoms with Crippen LogP contribution in [0.5, 0.6) is 0 Å². The molecule has 0 fully saturated rings. The van der Waals surface area contributed by atoms with Crippen molar-refractivity contribution in [3.05, 3.63) is 59.7 Å². The fraction of sp³-hybridized carbons (Fsp3) is 0.316. The van der Waals surface area contributed by atoms with Gasteiger partial charge in [0.05, 0.1) is 10.6 Å². The van der Waals surface area contributed by atoms with E-state index in [0.717, 1.165) is 17.7 Å². The Morgan fingerprint density at radius 2 is 1.84 bits per heavy atom. The molecule has 1 atom stereocenters. The Bertz CT molecular complexity index is 876. The third-order valence-corrected chi connectivity index (χ3v) is 6.30. The fourth-order valence-corrected chi connectivity index (χ4v) is 4.83. The average molecular weight is 358 g/mol. The molecule has 0 saturated carbocycles. The molecular weight excluding hydrogens is 336 g/mol. The zero-order valence-corrected chi connectivity index (χ0v) is 15.2. The molecule has 1 aliphatic heterocycles. The zero-order valence-electron chi connectivity index (χ0n) is 14.4. The number of fused-ring (bicyclic) bond motifs is 1. The summed E-state index contributed by atoms with van der Waals surface area (Å²) in [5.74, 6) is -0.189. The molecule has 0 saturated heterocycles. The van der Waals surface area contributed by atoms with Crippen molar-refractivity contribution in [2.75, 3.05) is 10.8 Å². The third kappa shape index (κ3) is 3.26. The standard InChI is InChI=1S/C19H22N2O3S/c1-3-12-20-19(22)15-8-10-17(11-9-15)25(23,24)21-14(2)13-16-6-4-5-7-18(16)21/h4-11,14H,3,12-13H2,1-2H3,(H,20,22). The van der Waals surface area contributed by atoms with E-state index in [9.17, 15) is 13.2 Å². The summed E-state index contributed by atoms with van der Waals surface area (Å²) in [6.45, 7) is 4.48. The van der Waals surface area contributed by atoms with Crippen molar-refractivity contribution >= 4 is 21.6 Å². The smallest absolute Gasteiger partial charge is 0.264 e. The first-order valence-electron chi connectivity index (χ1n) is 8.45. The molecule has 2 aromatic carbocycles. The molecule has 5 nitrogen and oxygen atoms in total. The summed E-state index contributed by atoms with van der Waals surface area (Å²) in [7, 11) is -3.66. The van der Waals surface area contributed by atoms with E-state index in [0.29, 0.717) is 18.5 Å². The van der Waals surface area contributed by atoms with Gasteiger partial charge < -0.3 is 5.32 Å². The van der Waals surface area contributed by atoms with Crippen LogP contribution in [0, 0.1) is 0 Å². The van der Waals surface area contributed by atoms with Crippen LogP contribution in [0.15, 0.2) is 53.4 Å². The van der Waals surface area contributed by atoms with Gasteiger partial charge in [-0.15, -0.1) is 0 Å². The van der Waals surface area contributed by atoms with Gasteiger partial charge in [-0.25, -0.2) is 8.42 Å². The van der Waals surface area contributed by atoms with Crippen molar-refractivity contribution in [2.24, 2.45) is 0 Å². The molecular formula is C19H22N2O3S. The van der Waals surface area contributed by atoms with Crippen molar-refractivity contribution in [2.45, 2.75) is 37.6 Å². The number of hydrogen-bond donors (Lipinski definition) is 1. The quantitative estimate of drug-likeness (QED) is 0.893. The fourth-order valence-electron chi connectivity index (χ4n) is 3.14. The summed E-state index contributed by atoms with van der Waals surface area (Å²) in [6.07, 6.45) is 1.55. The number of anilines is 1. The van der Waals surface area contributed by atoms with Gasteiger partial charge in [0.25, 0.3) is 15.9 Å². The van der Waals surface area contributed by atoms with Gasteiger partial charge in [-0.05, 0) is 55.7 Å². The van der Waals surface area contributed by atoms with Gasteiger partial charge in [-0.2, -0.15) is 0 Å². The Labute approximate surface area is 148 Å². The van der Waals surface area contributed by atoms with Crippen LogP contribution in [0.1, 0.15) is 36.2 Å². The van der Waals surface area contributed by atoms with E-state index in [4.69, 9.17) is 0 Å². The Kier molecular flexibility index (Phi) is 4.81. The number of rotatable bonds is 5. The summed E-state index contributed by atoms with van der Waals surface area (Å²) in [5, 5.41) is 2.78. The number of benzene rings is 2. The molecule has 3 rings (SSSR count). The van der Waals surface area contributed by atoms with Crippen LogP contribution in [0.25, 0.3) is 0 Å². The van der Waals surface area contributed by atoms with Crippen molar-refractivity contribution < 1.29 is 13.2 Å². The van der Waals surface area contributed by atoms with E-state index < -0.39 is 10.0 Å². The summed E-state index contributed by atoms with van der Waals surface area (Å²) in [4.78, 5) is 12.2. The lowest BCUT2D eigenvalue weighted by Crippen LogP contribution is -2.35. The van der Waals surface area contributed by atoms with Crippen LogP contribution in [-0.4, -0.2) is 26.9 Å². The maximum Gasteiger partial charge on any atom is 0.264 e. The molecule has 1 heterocycles. The molecule has 6 heteroatoms.